The van der Waals surface area contributed by atoms with Crippen molar-refractivity contribution in [1.29, 1.82) is 0 Å². The normalized spacial score (nSPS) is 19.6. The van der Waals surface area contributed by atoms with Crippen molar-refractivity contribution in [3.05, 3.63) is 48.3 Å². The molecular formula is C15H21ClN4. The fraction of sp³-hybridized carbons (Fsp3) is 0.400. The van der Waals surface area contributed by atoms with Gasteiger partial charge in [0.15, 0.2) is 0 Å². The minimum absolute atomic E-state index is 0. The van der Waals surface area contributed by atoms with E-state index in [-0.39, 0.29) is 12.4 Å². The molecule has 20 heavy (non-hydrogen) atoms. The predicted molar refractivity (Wildman–Crippen MR) is 83.6 cm³/mol. The predicted octanol–water partition coefficient (Wildman–Crippen LogP) is 2.09. The molecule has 108 valence electrons. The van der Waals surface area contributed by atoms with E-state index in [9.17, 15) is 0 Å². The number of hydrogen-bond acceptors (Lipinski definition) is 3. The van der Waals surface area contributed by atoms with Gasteiger partial charge in [-0.3, -0.25) is 4.90 Å². The van der Waals surface area contributed by atoms with Crippen molar-refractivity contribution >= 4 is 12.4 Å². The standard InChI is InChI=1S/C15H20N4.ClH/c1-13-11-18(10-8-16-13)12-14-7-9-19(17-14)15-5-3-2-4-6-15;/h2-7,9,13,16H,8,10-12H2,1H3;1H. The summed E-state index contributed by atoms with van der Waals surface area (Å²) in [5.74, 6) is 0. The summed E-state index contributed by atoms with van der Waals surface area (Å²) in [6.07, 6.45) is 2.04. The van der Waals surface area contributed by atoms with Gasteiger partial charge in [0.05, 0.1) is 11.4 Å². The molecule has 1 N–H and O–H groups in total. The van der Waals surface area contributed by atoms with Crippen LogP contribution in [-0.4, -0.2) is 40.4 Å². The second kappa shape index (κ2) is 6.88. The van der Waals surface area contributed by atoms with Crippen molar-refractivity contribution in [2.45, 2.75) is 19.5 Å². The molecule has 1 atom stereocenters. The molecule has 1 fully saturated rings. The Morgan fingerprint density at radius 1 is 1.25 bits per heavy atom. The summed E-state index contributed by atoms with van der Waals surface area (Å²) in [7, 11) is 0. The van der Waals surface area contributed by atoms with Crippen LogP contribution in [0.15, 0.2) is 42.6 Å². The monoisotopic (exact) mass is 292 g/mol. The molecule has 4 nitrogen and oxygen atoms in total. The van der Waals surface area contributed by atoms with Gasteiger partial charge in [-0.1, -0.05) is 18.2 Å². The van der Waals surface area contributed by atoms with E-state index in [2.05, 4.69) is 40.4 Å². The molecule has 1 unspecified atom stereocenters. The largest absolute Gasteiger partial charge is 0.312 e. The summed E-state index contributed by atoms with van der Waals surface area (Å²) in [6, 6.07) is 12.9. The summed E-state index contributed by atoms with van der Waals surface area (Å²) in [5, 5.41) is 8.12. The third-order valence-electron chi connectivity index (χ3n) is 3.50. The molecule has 0 aliphatic carbocycles. The van der Waals surface area contributed by atoms with Crippen LogP contribution < -0.4 is 5.32 Å². The zero-order valence-electron chi connectivity index (χ0n) is 11.7. The number of nitrogens with zero attached hydrogens (tertiary/aromatic N) is 3. The first-order valence-corrected chi connectivity index (χ1v) is 6.87. The molecule has 3 rings (SSSR count). The van der Waals surface area contributed by atoms with Crippen molar-refractivity contribution in [2.75, 3.05) is 19.6 Å². The van der Waals surface area contributed by atoms with Gasteiger partial charge in [0, 0.05) is 38.4 Å². The number of hydrogen-bond donors (Lipinski definition) is 1. The molecule has 2 aromatic rings. The molecule has 0 bridgehead atoms. The van der Waals surface area contributed by atoms with E-state index in [0.717, 1.165) is 37.6 Å². The maximum Gasteiger partial charge on any atom is 0.0769 e. The lowest BCUT2D eigenvalue weighted by Crippen LogP contribution is -2.48. The lowest BCUT2D eigenvalue weighted by molar-refractivity contribution is 0.197. The van der Waals surface area contributed by atoms with Crippen LogP contribution in [0.4, 0.5) is 0 Å². The number of piperazine rings is 1. The maximum atomic E-state index is 4.65. The van der Waals surface area contributed by atoms with Gasteiger partial charge in [-0.15, -0.1) is 12.4 Å². The lowest BCUT2D eigenvalue weighted by atomic mass is 10.2. The van der Waals surface area contributed by atoms with Crippen LogP contribution in [0.5, 0.6) is 0 Å². The minimum atomic E-state index is 0. The average Bonchev–Trinajstić information content (AvgIpc) is 2.88. The van der Waals surface area contributed by atoms with Crippen LogP contribution in [0.1, 0.15) is 12.6 Å². The van der Waals surface area contributed by atoms with E-state index in [4.69, 9.17) is 0 Å². The first-order valence-electron chi connectivity index (χ1n) is 6.87. The smallest absolute Gasteiger partial charge is 0.0769 e. The first kappa shape index (κ1) is 15.0. The quantitative estimate of drug-likeness (QED) is 0.940. The fourth-order valence-electron chi connectivity index (χ4n) is 2.56. The van der Waals surface area contributed by atoms with Gasteiger partial charge in [-0.2, -0.15) is 5.10 Å². The van der Waals surface area contributed by atoms with Crippen LogP contribution in [0.25, 0.3) is 5.69 Å². The zero-order valence-corrected chi connectivity index (χ0v) is 12.5. The van der Waals surface area contributed by atoms with Crippen LogP contribution >= 0.6 is 12.4 Å². The number of benzene rings is 1. The van der Waals surface area contributed by atoms with Crippen LogP contribution in [0.2, 0.25) is 0 Å². The van der Waals surface area contributed by atoms with E-state index in [1.807, 2.05) is 29.1 Å². The summed E-state index contributed by atoms with van der Waals surface area (Å²) >= 11 is 0. The number of nitrogens with one attached hydrogen (secondary N) is 1. The van der Waals surface area contributed by atoms with Crippen LogP contribution in [0.3, 0.4) is 0 Å². The fourth-order valence-corrected chi connectivity index (χ4v) is 2.56. The van der Waals surface area contributed by atoms with Gasteiger partial charge in [0.1, 0.15) is 0 Å². The van der Waals surface area contributed by atoms with Gasteiger partial charge in [-0.25, -0.2) is 4.68 Å². The van der Waals surface area contributed by atoms with Crippen molar-refractivity contribution in [3.8, 4) is 5.69 Å². The molecule has 1 saturated heterocycles. The van der Waals surface area contributed by atoms with Gasteiger partial charge >= 0.3 is 0 Å². The van der Waals surface area contributed by atoms with E-state index in [1.165, 1.54) is 0 Å². The van der Waals surface area contributed by atoms with Crippen LogP contribution in [-0.2, 0) is 6.54 Å². The van der Waals surface area contributed by atoms with Gasteiger partial charge in [0.25, 0.3) is 0 Å². The second-order valence-corrected chi connectivity index (χ2v) is 5.18. The Morgan fingerprint density at radius 3 is 2.80 bits per heavy atom. The molecule has 1 aromatic heterocycles. The highest BCUT2D eigenvalue weighted by molar-refractivity contribution is 5.85. The Labute approximate surface area is 126 Å². The summed E-state index contributed by atoms with van der Waals surface area (Å²) in [6.45, 7) is 6.43. The van der Waals surface area contributed by atoms with Gasteiger partial charge < -0.3 is 5.32 Å². The topological polar surface area (TPSA) is 33.1 Å². The Kier molecular flexibility index (Phi) is 5.17. The lowest BCUT2D eigenvalue weighted by Gasteiger charge is -2.31. The molecule has 1 aromatic carbocycles. The number of halogens is 1. The highest BCUT2D eigenvalue weighted by Gasteiger charge is 2.16. The van der Waals surface area contributed by atoms with Crippen molar-refractivity contribution < 1.29 is 0 Å². The Balaban J connectivity index is 0.00000147. The van der Waals surface area contributed by atoms with Gasteiger partial charge in [0.2, 0.25) is 0 Å². The third-order valence-corrected chi connectivity index (χ3v) is 3.50. The van der Waals surface area contributed by atoms with Crippen molar-refractivity contribution in [1.82, 2.24) is 20.0 Å². The van der Waals surface area contributed by atoms with E-state index < -0.39 is 0 Å². The summed E-state index contributed by atoms with van der Waals surface area (Å²) < 4.78 is 1.95. The molecule has 0 amide bonds. The Morgan fingerprint density at radius 2 is 2.05 bits per heavy atom. The molecular weight excluding hydrogens is 272 g/mol. The maximum absolute atomic E-state index is 4.65. The minimum Gasteiger partial charge on any atom is -0.312 e. The SMILES string of the molecule is CC1CN(Cc2ccn(-c3ccccc3)n2)CCN1.Cl. The summed E-state index contributed by atoms with van der Waals surface area (Å²) in [4.78, 5) is 2.46. The highest BCUT2D eigenvalue weighted by atomic mass is 35.5. The molecule has 0 radical (unpaired) electrons. The van der Waals surface area contributed by atoms with E-state index in [1.54, 1.807) is 0 Å². The molecule has 5 heteroatoms. The molecule has 0 spiro atoms. The molecule has 1 aliphatic rings. The van der Waals surface area contributed by atoms with Crippen molar-refractivity contribution in [2.24, 2.45) is 0 Å². The molecule has 2 heterocycles. The van der Waals surface area contributed by atoms with Crippen LogP contribution in [0, 0.1) is 0 Å². The Hall–Kier alpha value is -1.36. The van der Waals surface area contributed by atoms with Gasteiger partial charge in [-0.05, 0) is 25.1 Å². The number of para-hydroxylation sites is 1. The third kappa shape index (κ3) is 3.60. The second-order valence-electron chi connectivity index (χ2n) is 5.18. The van der Waals surface area contributed by atoms with Crippen molar-refractivity contribution in [3.63, 3.8) is 0 Å². The van der Waals surface area contributed by atoms with E-state index in [0.29, 0.717) is 6.04 Å². The molecule has 1 aliphatic heterocycles. The highest BCUT2D eigenvalue weighted by Crippen LogP contribution is 2.09. The average molecular weight is 293 g/mol. The van der Waals surface area contributed by atoms with E-state index >= 15 is 0 Å². The Bertz CT molecular complexity index is 526. The zero-order chi connectivity index (χ0) is 13.1. The number of rotatable bonds is 3. The summed E-state index contributed by atoms with van der Waals surface area (Å²) in [5.41, 5.74) is 2.25. The first-order chi connectivity index (χ1) is 9.31. The number of aromatic nitrogens is 2. The molecule has 0 saturated carbocycles.